The number of pyridine rings is 1. The zero-order valence-electron chi connectivity index (χ0n) is 20.5. The Kier molecular flexibility index (Phi) is 5.16. The van der Waals surface area contributed by atoms with E-state index in [-0.39, 0.29) is 29.6 Å². The number of rotatable bonds is 7. The van der Waals surface area contributed by atoms with E-state index in [1.54, 1.807) is 10.7 Å². The molecule has 5 heterocycles. The standard InChI is InChI=1S/C25H23FN10O2/c1-38-20-6-5-19(36-13-28-32-33-36)17(22(20)26)10-27-25(37)23-30-24-16(8-9-35(24)31-23)18-12-34-11-15(14-2-3-14)4-7-21(34)29-18/h4-7,11-14,16H,2-3,8-10H2,1H3,(H,27,37). The summed E-state index contributed by atoms with van der Waals surface area (Å²) in [5.41, 5.74) is 3.68. The van der Waals surface area contributed by atoms with E-state index in [4.69, 9.17) is 9.72 Å². The molecule has 1 aliphatic carbocycles. The lowest BCUT2D eigenvalue weighted by Crippen LogP contribution is -2.26. The Labute approximate surface area is 215 Å². The fourth-order valence-electron chi connectivity index (χ4n) is 5.04. The fourth-order valence-corrected chi connectivity index (χ4v) is 5.04. The molecule has 5 aromatic rings. The first kappa shape index (κ1) is 22.5. The van der Waals surface area contributed by atoms with Crippen LogP contribution in [0, 0.1) is 5.82 Å². The van der Waals surface area contributed by atoms with Crippen LogP contribution in [-0.4, -0.2) is 57.4 Å². The molecule has 2 aliphatic rings. The van der Waals surface area contributed by atoms with Crippen LogP contribution in [0.15, 0.2) is 43.0 Å². The third kappa shape index (κ3) is 3.78. The van der Waals surface area contributed by atoms with E-state index in [1.165, 1.54) is 42.6 Å². The molecule has 13 heteroatoms. The van der Waals surface area contributed by atoms with E-state index in [2.05, 4.69) is 53.7 Å². The molecule has 0 saturated heterocycles. The highest BCUT2D eigenvalue weighted by molar-refractivity contribution is 5.90. The Bertz CT molecular complexity index is 1670. The molecule has 1 N–H and O–H groups in total. The highest BCUT2D eigenvalue weighted by atomic mass is 19.1. The molecule has 7 rings (SSSR count). The average molecular weight is 515 g/mol. The lowest BCUT2D eigenvalue weighted by Gasteiger charge is -2.13. The van der Waals surface area contributed by atoms with Gasteiger partial charge in [-0.05, 0) is 59.4 Å². The van der Waals surface area contributed by atoms with Crippen LogP contribution in [0.5, 0.6) is 5.75 Å². The quantitative estimate of drug-likeness (QED) is 0.350. The van der Waals surface area contributed by atoms with Crippen molar-refractivity contribution in [2.24, 2.45) is 0 Å². The first-order valence-electron chi connectivity index (χ1n) is 12.4. The Morgan fingerprint density at radius 3 is 2.84 bits per heavy atom. The van der Waals surface area contributed by atoms with Gasteiger partial charge < -0.3 is 14.5 Å². The third-order valence-electron chi connectivity index (χ3n) is 7.17. The zero-order chi connectivity index (χ0) is 25.8. The van der Waals surface area contributed by atoms with Gasteiger partial charge in [0.15, 0.2) is 11.6 Å². The fraction of sp³-hybridized carbons (Fsp3) is 0.320. The number of nitrogens with zero attached hydrogens (tertiary/aromatic N) is 9. The molecular formula is C25H23FN10O2. The number of amides is 1. The number of carbonyl (C=O) groups excluding carboxylic acids is 1. The Morgan fingerprint density at radius 2 is 2.05 bits per heavy atom. The van der Waals surface area contributed by atoms with Crippen molar-refractivity contribution in [3.05, 3.63) is 77.3 Å². The molecule has 38 heavy (non-hydrogen) atoms. The molecule has 1 unspecified atom stereocenters. The molecule has 0 bridgehead atoms. The number of aromatic nitrogens is 9. The number of benzene rings is 1. The van der Waals surface area contributed by atoms with Crippen molar-refractivity contribution in [1.29, 1.82) is 0 Å². The number of nitrogens with one attached hydrogen (secondary N) is 1. The number of ether oxygens (including phenoxy) is 1. The molecule has 192 valence electrons. The van der Waals surface area contributed by atoms with Crippen LogP contribution in [0.25, 0.3) is 11.3 Å². The number of halogens is 1. The van der Waals surface area contributed by atoms with Gasteiger partial charge in [-0.1, -0.05) is 6.07 Å². The van der Waals surface area contributed by atoms with Crippen molar-refractivity contribution in [2.45, 2.75) is 44.2 Å². The van der Waals surface area contributed by atoms with Crippen LogP contribution in [-0.2, 0) is 13.1 Å². The Balaban J connectivity index is 1.12. The number of aryl methyl sites for hydroxylation is 1. The summed E-state index contributed by atoms with van der Waals surface area (Å²) in [7, 11) is 1.37. The molecule has 1 aromatic carbocycles. The predicted octanol–water partition coefficient (Wildman–Crippen LogP) is 2.39. The molecule has 1 fully saturated rings. The molecule has 0 radical (unpaired) electrons. The van der Waals surface area contributed by atoms with Gasteiger partial charge in [0.2, 0.25) is 5.82 Å². The molecule has 12 nitrogen and oxygen atoms in total. The SMILES string of the molecule is COc1ccc(-n2cnnn2)c(CNC(=O)c2nc3n(n2)CCC3c2cn3cc(C4CC4)ccc3n2)c1F. The van der Waals surface area contributed by atoms with Gasteiger partial charge in [-0.3, -0.25) is 4.79 Å². The summed E-state index contributed by atoms with van der Waals surface area (Å²) >= 11 is 0. The van der Waals surface area contributed by atoms with Gasteiger partial charge in [-0.2, -0.15) is 0 Å². The highest BCUT2D eigenvalue weighted by Crippen LogP contribution is 2.40. The zero-order valence-corrected chi connectivity index (χ0v) is 20.5. The van der Waals surface area contributed by atoms with E-state index in [9.17, 15) is 4.79 Å². The van der Waals surface area contributed by atoms with Gasteiger partial charge in [0, 0.05) is 31.0 Å². The van der Waals surface area contributed by atoms with Gasteiger partial charge in [-0.25, -0.2) is 23.7 Å². The van der Waals surface area contributed by atoms with Gasteiger partial charge in [0.25, 0.3) is 5.91 Å². The topological polar surface area (TPSA) is 130 Å². The summed E-state index contributed by atoms with van der Waals surface area (Å²) in [6.45, 7) is 0.496. The maximum absolute atomic E-state index is 15.1. The molecular weight excluding hydrogens is 491 g/mol. The summed E-state index contributed by atoms with van der Waals surface area (Å²) in [6.07, 6.45) is 8.84. The van der Waals surface area contributed by atoms with Crippen molar-refractivity contribution < 1.29 is 13.9 Å². The minimum absolute atomic E-state index is 0.0248. The summed E-state index contributed by atoms with van der Waals surface area (Å²) in [4.78, 5) is 22.4. The molecule has 4 aromatic heterocycles. The maximum atomic E-state index is 15.1. The maximum Gasteiger partial charge on any atom is 0.291 e. The van der Waals surface area contributed by atoms with E-state index in [0.29, 0.717) is 24.0 Å². The Morgan fingerprint density at radius 1 is 1.16 bits per heavy atom. The number of hydrogen-bond acceptors (Lipinski definition) is 8. The molecule has 1 saturated carbocycles. The van der Waals surface area contributed by atoms with Gasteiger partial charge in [0.1, 0.15) is 17.8 Å². The van der Waals surface area contributed by atoms with E-state index in [0.717, 1.165) is 17.8 Å². The van der Waals surface area contributed by atoms with Crippen LogP contribution >= 0.6 is 0 Å². The van der Waals surface area contributed by atoms with Gasteiger partial charge in [-0.15, -0.1) is 10.2 Å². The number of methoxy groups -OCH3 is 1. The number of hydrogen-bond donors (Lipinski definition) is 1. The predicted molar refractivity (Wildman–Crippen MR) is 130 cm³/mol. The Hall–Kier alpha value is -4.68. The van der Waals surface area contributed by atoms with Crippen LogP contribution in [0.3, 0.4) is 0 Å². The lowest BCUT2D eigenvalue weighted by molar-refractivity contribution is 0.0939. The second-order valence-corrected chi connectivity index (χ2v) is 9.54. The van der Waals surface area contributed by atoms with Gasteiger partial charge >= 0.3 is 0 Å². The van der Waals surface area contributed by atoms with E-state index >= 15 is 4.39 Å². The van der Waals surface area contributed by atoms with E-state index in [1.807, 2.05) is 6.20 Å². The highest BCUT2D eigenvalue weighted by Gasteiger charge is 2.32. The largest absolute Gasteiger partial charge is 0.494 e. The van der Waals surface area contributed by atoms with Crippen LogP contribution in [0.4, 0.5) is 4.39 Å². The van der Waals surface area contributed by atoms with Crippen molar-refractivity contribution in [2.75, 3.05) is 7.11 Å². The second kappa shape index (κ2) is 8.71. The summed E-state index contributed by atoms with van der Waals surface area (Å²) in [6, 6.07) is 7.30. The number of fused-ring (bicyclic) bond motifs is 2. The summed E-state index contributed by atoms with van der Waals surface area (Å²) in [5.74, 6) is 0.243. The van der Waals surface area contributed by atoms with Crippen molar-refractivity contribution >= 4 is 11.6 Å². The number of tetrazole rings is 1. The number of carbonyl (C=O) groups is 1. The van der Waals surface area contributed by atoms with Crippen LogP contribution in [0.2, 0.25) is 0 Å². The smallest absolute Gasteiger partial charge is 0.291 e. The van der Waals surface area contributed by atoms with E-state index < -0.39 is 11.7 Å². The monoisotopic (exact) mass is 514 g/mol. The first-order valence-corrected chi connectivity index (χ1v) is 12.4. The average Bonchev–Trinajstić information content (AvgIpc) is 3.29. The molecule has 1 amide bonds. The normalized spacial score (nSPS) is 16.6. The van der Waals surface area contributed by atoms with Crippen LogP contribution in [0.1, 0.15) is 64.4 Å². The minimum atomic E-state index is -0.613. The van der Waals surface area contributed by atoms with Crippen molar-refractivity contribution in [3.63, 3.8) is 0 Å². The second-order valence-electron chi connectivity index (χ2n) is 9.54. The van der Waals surface area contributed by atoms with Crippen molar-refractivity contribution in [3.8, 4) is 11.4 Å². The minimum Gasteiger partial charge on any atom is -0.494 e. The van der Waals surface area contributed by atoms with Gasteiger partial charge in [0.05, 0.1) is 24.4 Å². The molecule has 0 spiro atoms. The molecule has 1 aliphatic heterocycles. The lowest BCUT2D eigenvalue weighted by atomic mass is 10.0. The molecule has 1 atom stereocenters. The number of imidazole rings is 1. The van der Waals surface area contributed by atoms with Crippen molar-refractivity contribution in [1.82, 2.24) is 49.7 Å². The summed E-state index contributed by atoms with van der Waals surface area (Å²) < 4.78 is 25.3. The third-order valence-corrected chi connectivity index (χ3v) is 7.17. The van der Waals surface area contributed by atoms with Crippen LogP contribution < -0.4 is 10.1 Å². The first-order chi connectivity index (χ1) is 18.6. The summed E-state index contributed by atoms with van der Waals surface area (Å²) in [5, 5.41) is 18.2.